The number of aryl methyl sites for hydroxylation is 6. The van der Waals surface area contributed by atoms with Gasteiger partial charge in [0, 0.05) is 103 Å². The molecule has 7 aromatic rings. The summed E-state index contributed by atoms with van der Waals surface area (Å²) < 4.78 is 12.8. The normalized spacial score (nSPS) is 15.8. The summed E-state index contributed by atoms with van der Waals surface area (Å²) >= 11 is 0. The molecule has 5 saturated carbocycles. The number of benzene rings is 7. The largest absolute Gasteiger partial charge is 0.481 e. The van der Waals surface area contributed by atoms with Gasteiger partial charge in [0.25, 0.3) is 0 Å². The predicted molar refractivity (Wildman–Crippen MR) is 524 cm³/mol. The van der Waals surface area contributed by atoms with E-state index in [-0.39, 0.29) is 110 Å². The van der Waals surface area contributed by atoms with Crippen molar-refractivity contribution >= 4 is 105 Å². The number of aliphatic carboxylic acids is 6. The molecule has 12 N–H and O–H groups in total. The van der Waals surface area contributed by atoms with Crippen LogP contribution in [0.3, 0.4) is 0 Å². The van der Waals surface area contributed by atoms with E-state index in [4.69, 9.17) is 30.6 Å². The van der Waals surface area contributed by atoms with E-state index in [1.54, 1.807) is 24.3 Å². The van der Waals surface area contributed by atoms with Crippen LogP contribution in [0, 0.1) is 47.2 Å². The Morgan fingerprint density at radius 3 is 0.828 bits per heavy atom. The standard InChI is InChI=1S/C20H29NO3.C18H18FNO3.3C18H25NO3.C17H23NO3/c1-2-18(16-8-4-3-5-9-16)20(24)21-17-13-11-15(12-14-17)7-6-10-19(22)23;19-15-8-4-14(5-9-15)12-17(21)20-16-10-6-13(7-11-16)2-1-3-18(22)23;1-13-5-9-15(10-6-13)18(22)19-16-11-7-14(8-12-16)3-2-4-17(20)21;20-17(13-15-5-2-1-3-6-15)19-16-11-9-14(10-12-16)7-4-8-18(21)22;20-17(21)9-5-6-14-10-12-16(13-11-14)19-18(22)15-7-3-1-2-4-8-15;19-16(20)8-4-5-13-9-11-15(12-10-13)18-17(21)14-6-2-1-3-7-14/h11-14,16,18H,2-10H2,1H3,(H,21,24)(H,22,23);4-11H,1-3,12H2,(H,20,21)(H,22,23);7-8,11-13,15H,2-6,9-10H2,1H3,(H,19,22)(H,20,21);9-12,15H,1-8,13H2,(H,19,20)(H,21,22);10-13,15H,1-9H2,(H,19,22)(H,20,21);9-12,14H,1-8H2,(H,18,21)(H,19,20). The molecule has 25 heteroatoms. The number of carboxylic acids is 6. The highest BCUT2D eigenvalue weighted by atomic mass is 19.1. The van der Waals surface area contributed by atoms with E-state index in [1.807, 2.05) is 133 Å². The molecule has 726 valence electrons. The first-order chi connectivity index (χ1) is 64.6. The maximum atomic E-state index is 12.8. The predicted octanol–water partition coefficient (Wildman–Crippen LogP) is 23.5. The van der Waals surface area contributed by atoms with Gasteiger partial charge in [-0.05, 0) is 302 Å². The maximum absolute atomic E-state index is 12.8. The van der Waals surface area contributed by atoms with Gasteiger partial charge < -0.3 is 62.5 Å². The summed E-state index contributed by atoms with van der Waals surface area (Å²) in [6, 6.07) is 51.8. The van der Waals surface area contributed by atoms with Crippen LogP contribution >= 0.6 is 0 Å². The molecule has 24 nitrogen and oxygen atoms in total. The second-order valence-electron chi connectivity index (χ2n) is 36.6. The number of halogens is 1. The number of rotatable bonds is 40. The number of amides is 6. The van der Waals surface area contributed by atoms with Crippen molar-refractivity contribution in [3.63, 3.8) is 0 Å². The Balaban J connectivity index is 0.000000219. The first-order valence-corrected chi connectivity index (χ1v) is 49.0. The van der Waals surface area contributed by atoms with E-state index in [2.05, 4.69) is 45.7 Å². The van der Waals surface area contributed by atoms with Gasteiger partial charge in [0.1, 0.15) is 5.82 Å². The van der Waals surface area contributed by atoms with E-state index in [1.165, 1.54) is 95.6 Å². The Hall–Kier alpha value is -11.9. The Morgan fingerprint density at radius 1 is 0.291 bits per heavy atom. The van der Waals surface area contributed by atoms with Crippen LogP contribution in [0.25, 0.3) is 0 Å². The van der Waals surface area contributed by atoms with Crippen LogP contribution in [-0.4, -0.2) is 102 Å². The van der Waals surface area contributed by atoms with Gasteiger partial charge in [-0.3, -0.25) is 57.5 Å². The highest BCUT2D eigenvalue weighted by molar-refractivity contribution is 5.95. The zero-order valence-electron chi connectivity index (χ0n) is 78.7. The van der Waals surface area contributed by atoms with Gasteiger partial charge in [-0.1, -0.05) is 182 Å². The molecule has 5 aliphatic rings. The van der Waals surface area contributed by atoms with Crippen molar-refractivity contribution in [3.05, 3.63) is 215 Å². The summed E-state index contributed by atoms with van der Waals surface area (Å²) in [4.78, 5) is 136. The summed E-state index contributed by atoms with van der Waals surface area (Å²) in [6.45, 7) is 4.35. The minimum absolute atomic E-state index is 0.102. The first kappa shape index (κ1) is 109. The lowest BCUT2D eigenvalue weighted by Crippen LogP contribution is -2.30. The van der Waals surface area contributed by atoms with E-state index in [0.717, 1.165) is 189 Å². The number of carbonyl (C=O) groups is 12. The molecule has 0 saturated heterocycles. The highest BCUT2D eigenvalue weighted by Gasteiger charge is 2.30. The van der Waals surface area contributed by atoms with E-state index >= 15 is 0 Å². The molecule has 0 spiro atoms. The third-order valence-electron chi connectivity index (χ3n) is 25.6. The number of carboxylic acid groups (broad SMARTS) is 6. The van der Waals surface area contributed by atoms with Crippen molar-refractivity contribution < 1.29 is 92.6 Å². The second kappa shape index (κ2) is 62.6. The quantitative estimate of drug-likeness (QED) is 0.0159. The van der Waals surface area contributed by atoms with E-state index in [9.17, 15) is 61.9 Å². The lowest BCUT2D eigenvalue weighted by molar-refractivity contribution is -0.138. The summed E-state index contributed by atoms with van der Waals surface area (Å²) in [5.74, 6) is -2.05. The Labute approximate surface area is 790 Å². The van der Waals surface area contributed by atoms with Gasteiger partial charge in [0.2, 0.25) is 35.4 Å². The van der Waals surface area contributed by atoms with Gasteiger partial charge in [0.15, 0.2) is 0 Å². The number of hydrogen-bond donors (Lipinski definition) is 12. The smallest absolute Gasteiger partial charge is 0.303 e. The molecule has 0 aromatic heterocycles. The van der Waals surface area contributed by atoms with E-state index in [0.29, 0.717) is 68.9 Å². The summed E-state index contributed by atoms with van der Waals surface area (Å²) in [7, 11) is 0. The molecule has 6 amide bonds. The van der Waals surface area contributed by atoms with Gasteiger partial charge in [0.05, 0.1) is 6.42 Å². The molecule has 5 fully saturated rings. The number of anilines is 6. The second-order valence-corrected chi connectivity index (χ2v) is 36.6. The van der Waals surface area contributed by atoms with Crippen molar-refractivity contribution in [3.8, 4) is 0 Å². The Morgan fingerprint density at radius 2 is 0.537 bits per heavy atom. The van der Waals surface area contributed by atoms with E-state index < -0.39 is 35.8 Å². The number of carbonyl (C=O) groups excluding carboxylic acids is 6. The van der Waals surface area contributed by atoms with Gasteiger partial charge in [-0.2, -0.15) is 0 Å². The molecule has 7 aromatic carbocycles. The van der Waals surface area contributed by atoms with Crippen molar-refractivity contribution in [2.75, 3.05) is 31.9 Å². The van der Waals surface area contributed by atoms with Crippen LogP contribution < -0.4 is 31.9 Å². The van der Waals surface area contributed by atoms with Gasteiger partial charge >= 0.3 is 35.8 Å². The van der Waals surface area contributed by atoms with Crippen molar-refractivity contribution in [1.29, 1.82) is 0 Å². The topological polar surface area (TPSA) is 398 Å². The average molecular weight is 1850 g/mol. The SMILES string of the molecule is CC1CCC(C(=O)Nc2ccc(CCCC(=O)O)cc2)CC1.CCC(C(=O)Nc1ccc(CCCC(=O)O)cc1)C1CCCCC1.O=C(O)CCCc1ccc(NC(=O)C2CCCCC2)cc1.O=C(O)CCCc1ccc(NC(=O)C2CCCCCC2)cc1.O=C(O)CCCc1ccc(NC(=O)CC2CCCCC2)cc1.O=C(O)CCCc1ccc(NC(=O)Cc2ccc(F)cc2)cc1. The Kier molecular flexibility index (Phi) is 51.0. The number of nitrogens with one attached hydrogen (secondary N) is 6. The fraction of sp³-hybridized carbons (Fsp3) is 0.505. The molecule has 134 heavy (non-hydrogen) atoms. The monoisotopic (exact) mass is 1850 g/mol. The van der Waals surface area contributed by atoms with Crippen LogP contribution in [0.15, 0.2) is 170 Å². The molecule has 0 aliphatic heterocycles. The molecule has 0 radical (unpaired) electrons. The van der Waals surface area contributed by atoms with Crippen LogP contribution in [0.1, 0.15) is 303 Å². The van der Waals surface area contributed by atoms with Crippen LogP contribution in [0.5, 0.6) is 0 Å². The average Bonchev–Trinajstić information content (AvgIpc) is 0.919. The van der Waals surface area contributed by atoms with Gasteiger partial charge in [-0.25, -0.2) is 4.39 Å². The molecular weight excluding hydrogens is 1700 g/mol. The summed E-state index contributed by atoms with van der Waals surface area (Å²) in [5, 5.41) is 69.5. The third-order valence-corrected chi connectivity index (χ3v) is 25.6. The molecule has 1 atom stereocenters. The van der Waals surface area contributed by atoms with Gasteiger partial charge in [-0.15, -0.1) is 0 Å². The molecule has 12 rings (SSSR count). The lowest BCUT2D eigenvalue weighted by Gasteiger charge is -2.28. The lowest BCUT2D eigenvalue weighted by atomic mass is 9.78. The molecule has 1 unspecified atom stereocenters. The highest BCUT2D eigenvalue weighted by Crippen LogP contribution is 2.35. The van der Waals surface area contributed by atoms with Crippen molar-refractivity contribution in [2.24, 2.45) is 41.4 Å². The van der Waals surface area contributed by atoms with Crippen LogP contribution in [0.4, 0.5) is 38.5 Å². The zero-order chi connectivity index (χ0) is 96.6. The van der Waals surface area contributed by atoms with Crippen LogP contribution in [-0.2, 0) is 102 Å². The minimum Gasteiger partial charge on any atom is -0.481 e. The summed E-state index contributed by atoms with van der Waals surface area (Å²) in [5.41, 5.74) is 12.1. The maximum Gasteiger partial charge on any atom is 0.303 e. The summed E-state index contributed by atoms with van der Waals surface area (Å²) in [6.07, 6.45) is 40.0. The molecule has 0 bridgehead atoms. The molecule has 5 aliphatic carbocycles. The molecular formula is C109H145FN6O18. The fourth-order valence-electron chi connectivity index (χ4n) is 17.7. The van der Waals surface area contributed by atoms with Crippen molar-refractivity contribution in [1.82, 2.24) is 0 Å². The van der Waals surface area contributed by atoms with Crippen molar-refractivity contribution in [2.45, 2.75) is 309 Å². The fourth-order valence-corrected chi connectivity index (χ4v) is 17.7. The molecule has 0 heterocycles. The Bertz CT molecular complexity index is 4690. The number of hydrogen-bond acceptors (Lipinski definition) is 12. The third kappa shape index (κ3) is 46.7. The minimum atomic E-state index is -0.797. The first-order valence-electron chi connectivity index (χ1n) is 49.0. The van der Waals surface area contributed by atoms with Crippen LogP contribution in [0.2, 0.25) is 0 Å². The zero-order valence-corrected chi connectivity index (χ0v) is 78.7.